The molecule has 2 heteroatoms. The van der Waals surface area contributed by atoms with Crippen molar-refractivity contribution in [2.45, 2.75) is 38.9 Å². The molecule has 0 aliphatic heterocycles. The molecule has 0 heterocycles. The fourth-order valence-electron chi connectivity index (χ4n) is 1.47. The highest BCUT2D eigenvalue weighted by Gasteiger charge is 2.15. The summed E-state index contributed by atoms with van der Waals surface area (Å²) in [5, 5.41) is 0. The molecule has 1 rings (SSSR count). The Balaban J connectivity index is 2.35. The second-order valence-electron chi connectivity index (χ2n) is 4.56. The molecule has 0 N–H and O–H groups in total. The number of benzene rings is 1. The Bertz CT molecular complexity index is 271. The molecule has 0 spiro atoms. The SMILES string of the molecule is Cc1ccc(CCC[Si](C)(C)Cl)cc1. The van der Waals surface area contributed by atoms with Gasteiger partial charge in [-0.25, -0.2) is 0 Å². The number of rotatable bonds is 4. The molecule has 78 valence electrons. The Kier molecular flexibility index (Phi) is 4.21. The van der Waals surface area contributed by atoms with Crippen LogP contribution in [-0.4, -0.2) is 7.38 Å². The van der Waals surface area contributed by atoms with Crippen LogP contribution < -0.4 is 0 Å². The summed E-state index contributed by atoms with van der Waals surface area (Å²) < 4.78 is 0. The summed E-state index contributed by atoms with van der Waals surface area (Å²) in [5.74, 6) is 0. The topological polar surface area (TPSA) is 0 Å². The van der Waals surface area contributed by atoms with Gasteiger partial charge in [0.2, 0.25) is 0 Å². The van der Waals surface area contributed by atoms with Crippen molar-refractivity contribution in [2.75, 3.05) is 0 Å². The number of halogens is 1. The lowest BCUT2D eigenvalue weighted by Gasteiger charge is -2.11. The van der Waals surface area contributed by atoms with E-state index in [9.17, 15) is 0 Å². The zero-order chi connectivity index (χ0) is 10.6. The Morgan fingerprint density at radius 1 is 1.14 bits per heavy atom. The number of hydrogen-bond donors (Lipinski definition) is 0. The fraction of sp³-hybridized carbons (Fsp3) is 0.500. The molecule has 0 aliphatic carbocycles. The number of hydrogen-bond acceptors (Lipinski definition) is 0. The van der Waals surface area contributed by atoms with Crippen LogP contribution in [0.5, 0.6) is 0 Å². The van der Waals surface area contributed by atoms with Crippen molar-refractivity contribution in [1.82, 2.24) is 0 Å². The average Bonchev–Trinajstić information content (AvgIpc) is 2.06. The second kappa shape index (κ2) is 4.99. The molecule has 0 radical (unpaired) electrons. The maximum atomic E-state index is 6.26. The molecule has 0 aliphatic rings. The van der Waals surface area contributed by atoms with Gasteiger partial charge in [-0.1, -0.05) is 49.3 Å². The molecule has 0 aromatic heterocycles. The van der Waals surface area contributed by atoms with E-state index in [-0.39, 0.29) is 0 Å². The van der Waals surface area contributed by atoms with Gasteiger partial charge in [0.05, 0.1) is 0 Å². The average molecular weight is 227 g/mol. The minimum atomic E-state index is -1.35. The normalized spacial score (nSPS) is 11.7. The Labute approximate surface area is 93.0 Å². The maximum absolute atomic E-state index is 6.26. The third-order valence-electron chi connectivity index (χ3n) is 2.36. The molecular formula is C12H19ClSi. The predicted molar refractivity (Wildman–Crippen MR) is 67.6 cm³/mol. The summed E-state index contributed by atoms with van der Waals surface area (Å²) in [7, 11) is -1.35. The van der Waals surface area contributed by atoms with Gasteiger partial charge in [0.15, 0.2) is 7.38 Å². The smallest absolute Gasteiger partial charge is 0.150 e. The van der Waals surface area contributed by atoms with Crippen LogP contribution in [-0.2, 0) is 6.42 Å². The molecule has 0 unspecified atom stereocenters. The van der Waals surface area contributed by atoms with E-state index >= 15 is 0 Å². The lowest BCUT2D eigenvalue weighted by atomic mass is 10.1. The largest absolute Gasteiger partial charge is 0.168 e. The highest BCUT2D eigenvalue weighted by molar-refractivity contribution is 7.19. The number of aryl methyl sites for hydroxylation is 2. The summed E-state index contributed by atoms with van der Waals surface area (Å²) in [5.41, 5.74) is 2.77. The zero-order valence-electron chi connectivity index (χ0n) is 9.31. The second-order valence-corrected chi connectivity index (χ2v) is 11.6. The molecule has 1 aromatic rings. The van der Waals surface area contributed by atoms with E-state index in [1.165, 1.54) is 30.0 Å². The summed E-state index contributed by atoms with van der Waals surface area (Å²) in [6, 6.07) is 10.0. The van der Waals surface area contributed by atoms with Crippen molar-refractivity contribution in [3.63, 3.8) is 0 Å². The Morgan fingerprint density at radius 2 is 1.71 bits per heavy atom. The van der Waals surface area contributed by atoms with E-state index in [1.54, 1.807) is 0 Å². The van der Waals surface area contributed by atoms with Crippen molar-refractivity contribution in [1.29, 1.82) is 0 Å². The van der Waals surface area contributed by atoms with E-state index in [2.05, 4.69) is 44.3 Å². The highest BCUT2D eigenvalue weighted by Crippen LogP contribution is 2.18. The van der Waals surface area contributed by atoms with E-state index in [0.29, 0.717) is 0 Å². The molecular weight excluding hydrogens is 208 g/mol. The van der Waals surface area contributed by atoms with Crippen molar-refractivity contribution in [3.05, 3.63) is 35.4 Å². The molecule has 0 nitrogen and oxygen atoms in total. The first-order valence-corrected chi connectivity index (χ1v) is 9.44. The van der Waals surface area contributed by atoms with Gasteiger partial charge in [-0.15, -0.1) is 0 Å². The van der Waals surface area contributed by atoms with Crippen molar-refractivity contribution < 1.29 is 0 Å². The van der Waals surface area contributed by atoms with Crippen LogP contribution in [0.4, 0.5) is 0 Å². The Morgan fingerprint density at radius 3 is 2.21 bits per heavy atom. The lowest BCUT2D eigenvalue weighted by molar-refractivity contribution is 0.906. The van der Waals surface area contributed by atoms with E-state index < -0.39 is 7.38 Å². The summed E-state index contributed by atoms with van der Waals surface area (Å²) in [4.78, 5) is 0. The van der Waals surface area contributed by atoms with Gasteiger partial charge >= 0.3 is 0 Å². The monoisotopic (exact) mass is 226 g/mol. The predicted octanol–water partition coefficient (Wildman–Crippen LogP) is 4.37. The minimum Gasteiger partial charge on any atom is -0.168 e. The van der Waals surface area contributed by atoms with Gasteiger partial charge in [0, 0.05) is 0 Å². The van der Waals surface area contributed by atoms with Crippen LogP contribution in [0.3, 0.4) is 0 Å². The maximum Gasteiger partial charge on any atom is 0.150 e. The van der Waals surface area contributed by atoms with E-state index in [1.807, 2.05) is 0 Å². The van der Waals surface area contributed by atoms with Gasteiger partial charge in [-0.05, 0) is 25.0 Å². The molecule has 0 fully saturated rings. The minimum absolute atomic E-state index is 1.17. The molecule has 0 atom stereocenters. The third kappa shape index (κ3) is 4.82. The van der Waals surface area contributed by atoms with Gasteiger partial charge in [0.1, 0.15) is 0 Å². The van der Waals surface area contributed by atoms with E-state index in [0.717, 1.165) is 0 Å². The van der Waals surface area contributed by atoms with E-state index in [4.69, 9.17) is 11.1 Å². The van der Waals surface area contributed by atoms with Gasteiger partial charge in [0.25, 0.3) is 0 Å². The standard InChI is InChI=1S/C12H19ClSi/c1-11-6-8-12(9-7-11)5-4-10-14(2,3)13/h6-9H,4-5,10H2,1-3H3. The fourth-order valence-corrected chi connectivity index (χ4v) is 2.89. The zero-order valence-corrected chi connectivity index (χ0v) is 11.1. The van der Waals surface area contributed by atoms with Crippen LogP contribution in [0.2, 0.25) is 19.1 Å². The summed E-state index contributed by atoms with van der Waals surface area (Å²) in [6.07, 6.45) is 2.40. The van der Waals surface area contributed by atoms with Crippen LogP contribution in [0.1, 0.15) is 17.5 Å². The highest BCUT2D eigenvalue weighted by atomic mass is 35.6. The molecule has 0 saturated carbocycles. The van der Waals surface area contributed by atoms with Crippen molar-refractivity contribution in [2.24, 2.45) is 0 Å². The molecule has 0 saturated heterocycles. The third-order valence-corrected chi connectivity index (χ3v) is 4.47. The first-order chi connectivity index (χ1) is 6.47. The van der Waals surface area contributed by atoms with Crippen molar-refractivity contribution >= 4 is 18.5 Å². The quantitative estimate of drug-likeness (QED) is 0.528. The molecule has 0 amide bonds. The van der Waals surface area contributed by atoms with Gasteiger partial charge in [-0.3, -0.25) is 0 Å². The first kappa shape index (κ1) is 11.8. The first-order valence-electron chi connectivity index (χ1n) is 5.22. The van der Waals surface area contributed by atoms with Gasteiger partial charge in [-0.2, -0.15) is 11.1 Å². The van der Waals surface area contributed by atoms with Gasteiger partial charge < -0.3 is 0 Å². The molecule has 0 bridgehead atoms. The summed E-state index contributed by atoms with van der Waals surface area (Å²) >= 11 is 6.26. The Hall–Kier alpha value is -0.273. The lowest BCUT2D eigenvalue weighted by Crippen LogP contribution is -2.15. The van der Waals surface area contributed by atoms with Crippen LogP contribution in [0, 0.1) is 6.92 Å². The molecule has 14 heavy (non-hydrogen) atoms. The molecule has 1 aromatic carbocycles. The van der Waals surface area contributed by atoms with Crippen molar-refractivity contribution in [3.8, 4) is 0 Å². The van der Waals surface area contributed by atoms with Crippen LogP contribution in [0.25, 0.3) is 0 Å². The summed E-state index contributed by atoms with van der Waals surface area (Å²) in [6.45, 7) is 6.55. The van der Waals surface area contributed by atoms with Crippen LogP contribution >= 0.6 is 11.1 Å². The van der Waals surface area contributed by atoms with Crippen LogP contribution in [0.15, 0.2) is 24.3 Å².